The number of halogens is 3. The minimum absolute atomic E-state index is 0.000197. The number of nitrogens with zero attached hydrogens (tertiary/aromatic N) is 2. The largest absolute Gasteiger partial charge is 0.524 e. The lowest BCUT2D eigenvalue weighted by molar-refractivity contribution is -0.776. The first-order valence-corrected chi connectivity index (χ1v) is 8.06. The molecule has 143 valence electrons. The molecule has 2 heterocycles. The third kappa shape index (κ3) is 4.21. The van der Waals surface area contributed by atoms with Gasteiger partial charge in [-0.15, -0.1) is 4.48 Å². The summed E-state index contributed by atoms with van der Waals surface area (Å²) in [6.45, 7) is 4.69. The van der Waals surface area contributed by atoms with Gasteiger partial charge in [-0.1, -0.05) is 0 Å². The molecule has 1 saturated heterocycles. The summed E-state index contributed by atoms with van der Waals surface area (Å²) in [5, 5.41) is 10.8. The van der Waals surface area contributed by atoms with Crippen LogP contribution in [0.15, 0.2) is 18.5 Å². The van der Waals surface area contributed by atoms with Crippen LogP contribution >= 0.6 is 0 Å². The van der Waals surface area contributed by atoms with Crippen LogP contribution in [-0.2, 0) is 21.3 Å². The van der Waals surface area contributed by atoms with E-state index in [0.29, 0.717) is 6.20 Å². The number of likely N-dealkylation sites (tertiary alicyclic amines) is 1. The Hall–Kier alpha value is -2.00. The van der Waals surface area contributed by atoms with Gasteiger partial charge in [0.15, 0.2) is 0 Å². The molecule has 0 atom stereocenters. The Kier molecular flexibility index (Phi) is 5.17. The number of alkyl halides is 3. The van der Waals surface area contributed by atoms with Gasteiger partial charge in [-0.3, -0.25) is 4.98 Å². The van der Waals surface area contributed by atoms with Crippen molar-refractivity contribution < 1.29 is 37.1 Å². The van der Waals surface area contributed by atoms with Crippen LogP contribution in [0.25, 0.3) is 0 Å². The molecular weight excluding hydrogens is 353 g/mol. The summed E-state index contributed by atoms with van der Waals surface area (Å²) in [5.74, 6) is 0. The zero-order chi connectivity index (χ0) is 19.8. The summed E-state index contributed by atoms with van der Waals surface area (Å²) >= 11 is 0. The molecule has 26 heavy (non-hydrogen) atoms. The lowest BCUT2D eigenvalue weighted by Gasteiger charge is -2.39. The van der Waals surface area contributed by atoms with Gasteiger partial charge < -0.3 is 9.84 Å². The molecule has 1 aliphatic rings. The van der Waals surface area contributed by atoms with Crippen molar-refractivity contribution in [3.05, 3.63) is 29.6 Å². The van der Waals surface area contributed by atoms with E-state index in [1.165, 1.54) is 0 Å². The Morgan fingerprint density at radius 1 is 1.27 bits per heavy atom. The Morgan fingerprint density at radius 2 is 1.85 bits per heavy atom. The Labute approximate surface area is 149 Å². The summed E-state index contributed by atoms with van der Waals surface area (Å²) in [6, 6.07) is 0.838. The SMILES string of the molecule is CC(C)(C)OC(=O)[N+]1([C]=O)CCC(O)(c2cncc(C(F)(F)F)c2)CC1. The van der Waals surface area contributed by atoms with Crippen molar-refractivity contribution in [3.63, 3.8) is 0 Å². The molecule has 0 bridgehead atoms. The second-order valence-electron chi connectivity index (χ2n) is 7.48. The number of quaternary nitrogens is 1. The third-order valence-electron chi connectivity index (χ3n) is 4.33. The average molecular weight is 374 g/mol. The van der Waals surface area contributed by atoms with Crippen LogP contribution in [-0.4, -0.2) is 45.8 Å². The standard InChI is InChI=1S/C17H21F3N2O4/c1-15(2,3)26-14(24)22(11-23)6-4-16(25,5-7-22)12-8-13(10-21-9-12)17(18,19)20/h8-10,25H,4-7H2,1-3H3/q+1. The van der Waals surface area contributed by atoms with Crippen molar-refractivity contribution in [2.24, 2.45) is 0 Å². The highest BCUT2D eigenvalue weighted by atomic mass is 19.4. The summed E-state index contributed by atoms with van der Waals surface area (Å²) in [6.07, 6.45) is -2.08. The van der Waals surface area contributed by atoms with Gasteiger partial charge >= 0.3 is 18.7 Å². The first kappa shape index (κ1) is 20.3. The van der Waals surface area contributed by atoms with E-state index in [2.05, 4.69) is 4.98 Å². The summed E-state index contributed by atoms with van der Waals surface area (Å²) < 4.78 is 43.1. The van der Waals surface area contributed by atoms with Crippen molar-refractivity contribution in [2.75, 3.05) is 13.1 Å². The zero-order valence-corrected chi connectivity index (χ0v) is 14.8. The quantitative estimate of drug-likeness (QED) is 0.806. The number of hydrogen-bond acceptors (Lipinski definition) is 5. The lowest BCUT2D eigenvalue weighted by Crippen LogP contribution is -2.60. The van der Waals surface area contributed by atoms with Crippen LogP contribution in [0.5, 0.6) is 0 Å². The topological polar surface area (TPSA) is 76.5 Å². The van der Waals surface area contributed by atoms with Crippen LogP contribution in [0.1, 0.15) is 44.7 Å². The molecular formula is C17H21F3N2O4+. The van der Waals surface area contributed by atoms with Gasteiger partial charge in [-0.05, 0) is 26.8 Å². The molecule has 1 aromatic heterocycles. The first-order valence-electron chi connectivity index (χ1n) is 8.06. The molecule has 2 rings (SSSR count). The van der Waals surface area contributed by atoms with E-state index in [9.17, 15) is 27.9 Å². The highest BCUT2D eigenvalue weighted by molar-refractivity contribution is 5.69. The van der Waals surface area contributed by atoms with Gasteiger partial charge in [0.05, 0.1) is 5.56 Å². The smallest absolute Gasteiger partial charge is 0.414 e. The number of rotatable bonds is 2. The summed E-state index contributed by atoms with van der Waals surface area (Å²) in [7, 11) is 0. The lowest BCUT2D eigenvalue weighted by atomic mass is 9.84. The van der Waals surface area contributed by atoms with Crippen LogP contribution in [0.2, 0.25) is 0 Å². The normalized spacial score (nSPS) is 27.0. The molecule has 0 aromatic carbocycles. The Bertz CT molecular complexity index is 690. The maximum absolute atomic E-state index is 12.9. The van der Waals surface area contributed by atoms with Crippen molar-refractivity contribution >= 4 is 12.5 Å². The van der Waals surface area contributed by atoms with E-state index < -0.39 is 33.5 Å². The van der Waals surface area contributed by atoms with Crippen LogP contribution in [0.4, 0.5) is 18.0 Å². The predicted molar refractivity (Wildman–Crippen MR) is 84.3 cm³/mol. The number of hydrogen-bond donors (Lipinski definition) is 1. The number of piperidine rings is 1. The van der Waals surface area contributed by atoms with E-state index in [1.54, 1.807) is 27.2 Å². The monoisotopic (exact) mass is 374 g/mol. The molecule has 1 N–H and O–H groups in total. The van der Waals surface area contributed by atoms with E-state index >= 15 is 0 Å². The van der Waals surface area contributed by atoms with E-state index in [4.69, 9.17) is 4.74 Å². The highest BCUT2D eigenvalue weighted by Crippen LogP contribution is 2.38. The number of aliphatic hydroxyl groups is 1. The number of aromatic nitrogens is 1. The molecule has 0 unspecified atom stereocenters. The summed E-state index contributed by atoms with van der Waals surface area (Å²) in [4.78, 5) is 27.3. The van der Waals surface area contributed by atoms with Crippen LogP contribution in [0, 0.1) is 0 Å². The van der Waals surface area contributed by atoms with Gasteiger partial charge in [-0.2, -0.15) is 18.0 Å². The van der Waals surface area contributed by atoms with Crippen LogP contribution in [0.3, 0.4) is 0 Å². The zero-order valence-electron chi connectivity index (χ0n) is 14.8. The van der Waals surface area contributed by atoms with Crippen molar-refractivity contribution in [3.8, 4) is 0 Å². The van der Waals surface area contributed by atoms with Gasteiger partial charge in [-0.25, -0.2) is 4.79 Å². The molecule has 1 radical (unpaired) electrons. The van der Waals surface area contributed by atoms with Crippen molar-refractivity contribution in [1.82, 2.24) is 4.98 Å². The fourth-order valence-corrected chi connectivity index (χ4v) is 2.79. The predicted octanol–water partition coefficient (Wildman–Crippen LogP) is 2.90. The van der Waals surface area contributed by atoms with E-state index in [-0.39, 0.29) is 31.5 Å². The third-order valence-corrected chi connectivity index (χ3v) is 4.33. The maximum atomic E-state index is 12.9. The summed E-state index contributed by atoms with van der Waals surface area (Å²) in [5.41, 5.74) is -3.39. The second-order valence-corrected chi connectivity index (χ2v) is 7.48. The number of carbonyl (C=O) groups is 1. The molecule has 1 fully saturated rings. The van der Waals surface area contributed by atoms with E-state index in [1.807, 2.05) is 0 Å². The minimum atomic E-state index is -4.58. The molecule has 0 spiro atoms. The number of pyridine rings is 1. The van der Waals surface area contributed by atoms with Gasteiger partial charge in [0.1, 0.15) is 24.3 Å². The van der Waals surface area contributed by atoms with E-state index in [0.717, 1.165) is 12.3 Å². The number of imide groups is 1. The molecule has 1 aromatic rings. The molecule has 6 nitrogen and oxygen atoms in total. The fraction of sp³-hybridized carbons (Fsp3) is 0.588. The molecule has 2 amide bonds. The average Bonchev–Trinajstić information content (AvgIpc) is 2.53. The Morgan fingerprint density at radius 3 is 2.31 bits per heavy atom. The molecule has 0 saturated carbocycles. The molecule has 9 heteroatoms. The van der Waals surface area contributed by atoms with Gasteiger partial charge in [0, 0.05) is 30.8 Å². The Balaban J connectivity index is 2.22. The van der Waals surface area contributed by atoms with Gasteiger partial charge in [0.2, 0.25) is 0 Å². The molecule has 1 aliphatic heterocycles. The fourth-order valence-electron chi connectivity index (χ4n) is 2.79. The minimum Gasteiger partial charge on any atom is -0.414 e. The maximum Gasteiger partial charge on any atom is 0.524 e. The second kappa shape index (κ2) is 6.62. The van der Waals surface area contributed by atoms with Crippen molar-refractivity contribution in [2.45, 2.75) is 51.0 Å². The van der Waals surface area contributed by atoms with Gasteiger partial charge in [0.25, 0.3) is 0 Å². The van der Waals surface area contributed by atoms with Crippen molar-refractivity contribution in [1.29, 1.82) is 0 Å². The number of amides is 2. The number of ether oxygens (including phenoxy) is 1. The highest BCUT2D eigenvalue weighted by Gasteiger charge is 2.51. The number of carbonyl (C=O) groups excluding carboxylic acids is 2. The molecule has 0 aliphatic carbocycles. The van der Waals surface area contributed by atoms with Crippen LogP contribution < -0.4 is 0 Å². The first-order chi connectivity index (χ1) is 11.8.